The molecule has 0 radical (unpaired) electrons. The van der Waals surface area contributed by atoms with Gasteiger partial charge in [-0.15, -0.1) is 0 Å². The van der Waals surface area contributed by atoms with Crippen molar-refractivity contribution < 1.29 is 19.3 Å². The van der Waals surface area contributed by atoms with Crippen LogP contribution in [0.5, 0.6) is 11.5 Å². The van der Waals surface area contributed by atoms with Gasteiger partial charge in [-0.25, -0.2) is 0 Å². The largest absolute Gasteiger partial charge is 0.490 e. The lowest BCUT2D eigenvalue weighted by Gasteiger charge is -2.24. The van der Waals surface area contributed by atoms with Crippen LogP contribution in [0.4, 0.5) is 0 Å². The van der Waals surface area contributed by atoms with Crippen molar-refractivity contribution in [3.63, 3.8) is 0 Å². The van der Waals surface area contributed by atoms with Gasteiger partial charge in [-0.2, -0.15) is 0 Å². The van der Waals surface area contributed by atoms with Gasteiger partial charge in [0.15, 0.2) is 0 Å². The third-order valence-electron chi connectivity index (χ3n) is 6.24. The molecular formula is C26H38O4Si. The molecule has 5 heteroatoms. The zero-order valence-electron chi connectivity index (χ0n) is 20.2. The highest BCUT2D eigenvalue weighted by Gasteiger charge is 2.24. The van der Waals surface area contributed by atoms with Crippen molar-refractivity contribution in [1.82, 2.24) is 0 Å². The maximum Gasteiger partial charge on any atom is 0.125 e. The summed E-state index contributed by atoms with van der Waals surface area (Å²) in [5.41, 5.74) is 6.81. The Morgan fingerprint density at radius 1 is 0.935 bits per heavy atom. The smallest absolute Gasteiger partial charge is 0.125 e. The molecule has 2 unspecified atom stereocenters. The van der Waals surface area contributed by atoms with Gasteiger partial charge < -0.3 is 19.3 Å². The van der Waals surface area contributed by atoms with E-state index in [9.17, 15) is 5.11 Å². The molecule has 1 saturated heterocycles. The summed E-state index contributed by atoms with van der Waals surface area (Å²) < 4.78 is 17.3. The molecule has 0 bridgehead atoms. The molecule has 2 atom stereocenters. The monoisotopic (exact) mass is 442 g/mol. The molecule has 1 aliphatic heterocycles. The van der Waals surface area contributed by atoms with E-state index in [1.807, 2.05) is 0 Å². The van der Waals surface area contributed by atoms with Crippen LogP contribution in [-0.2, 0) is 4.74 Å². The van der Waals surface area contributed by atoms with E-state index in [1.165, 1.54) is 17.2 Å². The van der Waals surface area contributed by atoms with Crippen LogP contribution in [-0.4, -0.2) is 45.2 Å². The Balaban J connectivity index is 1.73. The van der Waals surface area contributed by atoms with Gasteiger partial charge in [0, 0.05) is 8.07 Å². The number of aliphatic hydroxyl groups excluding tert-OH is 1. The van der Waals surface area contributed by atoms with Crippen molar-refractivity contribution in [2.75, 3.05) is 19.8 Å². The molecule has 1 heterocycles. The normalized spacial score (nSPS) is 16.8. The lowest BCUT2D eigenvalue weighted by Crippen LogP contribution is -2.32. The summed E-state index contributed by atoms with van der Waals surface area (Å²) >= 11 is 0. The molecule has 0 amide bonds. The highest BCUT2D eigenvalue weighted by Crippen LogP contribution is 2.34. The molecule has 170 valence electrons. The molecule has 2 aromatic rings. The fourth-order valence-electron chi connectivity index (χ4n) is 4.05. The SMILES string of the molecule is CC[Si](C)(C)CC(O)COc1c(C)cc(-c2cc(C)c(OCC3CO3)c(C)c2)cc1C. The molecule has 3 rings (SSSR count). The molecule has 0 aliphatic carbocycles. The first-order valence-electron chi connectivity index (χ1n) is 11.4. The second kappa shape index (κ2) is 9.76. The molecule has 0 aromatic heterocycles. The third kappa shape index (κ3) is 6.34. The average Bonchev–Trinajstić information content (AvgIpc) is 3.50. The predicted octanol–water partition coefficient (Wildman–Crippen LogP) is 5.83. The van der Waals surface area contributed by atoms with Gasteiger partial charge in [0.05, 0.1) is 12.7 Å². The predicted molar refractivity (Wildman–Crippen MR) is 130 cm³/mol. The summed E-state index contributed by atoms with van der Waals surface area (Å²) in [5, 5.41) is 10.5. The number of aryl methyl sites for hydroxylation is 4. The molecule has 1 fully saturated rings. The first-order valence-corrected chi connectivity index (χ1v) is 14.8. The topological polar surface area (TPSA) is 51.2 Å². The number of ether oxygens (including phenoxy) is 3. The van der Waals surface area contributed by atoms with E-state index in [-0.39, 0.29) is 6.10 Å². The van der Waals surface area contributed by atoms with Crippen LogP contribution in [0.1, 0.15) is 29.2 Å². The quantitative estimate of drug-likeness (QED) is 0.371. The maximum absolute atomic E-state index is 10.5. The first-order chi connectivity index (χ1) is 14.6. The molecule has 31 heavy (non-hydrogen) atoms. The summed E-state index contributed by atoms with van der Waals surface area (Å²) in [6.45, 7) is 17.0. The van der Waals surface area contributed by atoms with E-state index >= 15 is 0 Å². The summed E-state index contributed by atoms with van der Waals surface area (Å²) in [7, 11) is -1.33. The molecule has 1 N–H and O–H groups in total. The lowest BCUT2D eigenvalue weighted by atomic mass is 9.96. The number of hydrogen-bond acceptors (Lipinski definition) is 4. The summed E-state index contributed by atoms with van der Waals surface area (Å²) in [5.74, 6) is 1.84. The van der Waals surface area contributed by atoms with Gasteiger partial charge >= 0.3 is 0 Å². The van der Waals surface area contributed by atoms with Gasteiger partial charge in [0.2, 0.25) is 0 Å². The summed E-state index contributed by atoms with van der Waals surface area (Å²) in [4.78, 5) is 0. The van der Waals surface area contributed by atoms with Gasteiger partial charge in [-0.1, -0.05) is 26.1 Å². The minimum Gasteiger partial charge on any atom is -0.490 e. The Morgan fingerprint density at radius 2 is 1.39 bits per heavy atom. The zero-order chi connectivity index (χ0) is 22.8. The number of rotatable bonds is 10. The Hall–Kier alpha value is -1.82. The van der Waals surface area contributed by atoms with Crippen LogP contribution in [0.2, 0.25) is 25.2 Å². The lowest BCUT2D eigenvalue weighted by molar-refractivity contribution is 0.120. The third-order valence-corrected chi connectivity index (χ3v) is 9.73. The highest BCUT2D eigenvalue weighted by atomic mass is 28.3. The first kappa shape index (κ1) is 23.8. The van der Waals surface area contributed by atoms with Crippen LogP contribution in [0.15, 0.2) is 24.3 Å². The van der Waals surface area contributed by atoms with Gasteiger partial charge in [0.1, 0.15) is 30.8 Å². The van der Waals surface area contributed by atoms with Crippen molar-refractivity contribution in [2.45, 2.75) is 72.0 Å². The number of benzene rings is 2. The van der Waals surface area contributed by atoms with Crippen molar-refractivity contribution >= 4 is 8.07 Å². The Morgan fingerprint density at radius 3 is 1.81 bits per heavy atom. The second-order valence-electron chi connectivity index (χ2n) is 9.83. The van der Waals surface area contributed by atoms with E-state index < -0.39 is 14.2 Å². The Kier molecular flexibility index (Phi) is 7.50. The second-order valence-corrected chi connectivity index (χ2v) is 15.3. The van der Waals surface area contributed by atoms with Gasteiger partial charge in [-0.3, -0.25) is 0 Å². The minimum atomic E-state index is -1.33. The van der Waals surface area contributed by atoms with Gasteiger partial charge in [-0.05, 0) is 91.4 Å². The van der Waals surface area contributed by atoms with Crippen LogP contribution in [0.3, 0.4) is 0 Å². The highest BCUT2D eigenvalue weighted by molar-refractivity contribution is 6.77. The maximum atomic E-state index is 10.5. The fourth-order valence-corrected chi connectivity index (χ4v) is 5.73. The van der Waals surface area contributed by atoms with E-state index in [1.54, 1.807) is 0 Å². The number of hydrogen-bond donors (Lipinski definition) is 1. The van der Waals surface area contributed by atoms with Crippen molar-refractivity contribution in [3.05, 3.63) is 46.5 Å². The van der Waals surface area contributed by atoms with Crippen molar-refractivity contribution in [1.29, 1.82) is 0 Å². The van der Waals surface area contributed by atoms with Crippen molar-refractivity contribution in [3.8, 4) is 22.6 Å². The van der Waals surface area contributed by atoms with Crippen LogP contribution < -0.4 is 9.47 Å². The standard InChI is InChI=1S/C26H38O4Si/c1-8-31(6,7)16-23(27)13-29-25-17(2)9-21(10-18(25)3)22-11-19(4)26(20(5)12-22)30-15-24-14-28-24/h9-12,23-24,27H,8,13-16H2,1-7H3. The summed E-state index contributed by atoms with van der Waals surface area (Å²) in [6.07, 6.45) is -0.149. The number of epoxide rings is 1. The van der Waals surface area contributed by atoms with E-state index in [0.29, 0.717) is 13.2 Å². The molecule has 4 nitrogen and oxygen atoms in total. The van der Waals surface area contributed by atoms with Gasteiger partial charge in [0.25, 0.3) is 0 Å². The van der Waals surface area contributed by atoms with E-state index in [0.717, 1.165) is 46.4 Å². The molecule has 2 aromatic carbocycles. The zero-order valence-corrected chi connectivity index (χ0v) is 21.2. The van der Waals surface area contributed by atoms with Crippen LogP contribution >= 0.6 is 0 Å². The fraction of sp³-hybridized carbons (Fsp3) is 0.538. The van der Waals surface area contributed by atoms with E-state index in [4.69, 9.17) is 14.2 Å². The summed E-state index contributed by atoms with van der Waals surface area (Å²) in [6, 6.07) is 10.8. The minimum absolute atomic E-state index is 0.255. The molecule has 0 spiro atoms. The average molecular weight is 443 g/mol. The van der Waals surface area contributed by atoms with Crippen LogP contribution in [0.25, 0.3) is 11.1 Å². The molecule has 0 saturated carbocycles. The number of aliphatic hydroxyl groups is 1. The van der Waals surface area contributed by atoms with E-state index in [2.05, 4.69) is 72.0 Å². The molecule has 1 aliphatic rings. The molecular weight excluding hydrogens is 404 g/mol. The Labute approximate surface area is 188 Å². The van der Waals surface area contributed by atoms with Crippen molar-refractivity contribution in [2.24, 2.45) is 0 Å². The van der Waals surface area contributed by atoms with Crippen LogP contribution in [0, 0.1) is 27.7 Å². The Bertz CT molecular complexity index is 872.